The van der Waals surface area contributed by atoms with Gasteiger partial charge in [-0.05, 0) is 55.2 Å². The van der Waals surface area contributed by atoms with Crippen LogP contribution in [0.4, 0.5) is 11.4 Å². The minimum Gasteiger partial charge on any atom is -0.322 e. The molecule has 0 fully saturated rings. The summed E-state index contributed by atoms with van der Waals surface area (Å²) in [4.78, 5) is 17.8. The van der Waals surface area contributed by atoms with Crippen molar-refractivity contribution in [2.75, 3.05) is 16.3 Å². The van der Waals surface area contributed by atoms with Crippen LogP contribution in [0, 0.1) is 0 Å². The van der Waals surface area contributed by atoms with Crippen molar-refractivity contribution in [2.45, 2.75) is 19.3 Å². The summed E-state index contributed by atoms with van der Waals surface area (Å²) in [6.07, 6.45) is 3.85. The molecule has 1 aromatic heterocycles. The van der Waals surface area contributed by atoms with E-state index in [4.69, 9.17) is 4.98 Å². The Hall–Kier alpha value is -2.93. The van der Waals surface area contributed by atoms with Crippen LogP contribution < -0.4 is 10.0 Å². The predicted octanol–water partition coefficient (Wildman–Crippen LogP) is 3.35. The van der Waals surface area contributed by atoms with Gasteiger partial charge in [0.1, 0.15) is 0 Å². The molecule has 4 rings (SSSR count). The normalized spacial score (nSPS) is 13.4. The van der Waals surface area contributed by atoms with E-state index in [1.54, 1.807) is 24.3 Å². The molecule has 2 aromatic carbocycles. The van der Waals surface area contributed by atoms with E-state index in [2.05, 4.69) is 10.0 Å². The lowest BCUT2D eigenvalue weighted by atomic mass is 10.0. The summed E-state index contributed by atoms with van der Waals surface area (Å²) in [7, 11) is -3.33. The van der Waals surface area contributed by atoms with E-state index in [9.17, 15) is 13.2 Å². The van der Waals surface area contributed by atoms with E-state index in [0.717, 1.165) is 47.7 Å². The van der Waals surface area contributed by atoms with Crippen molar-refractivity contribution in [3.8, 4) is 0 Å². The van der Waals surface area contributed by atoms with E-state index in [0.29, 0.717) is 16.9 Å². The third-order valence-corrected chi connectivity index (χ3v) is 5.20. The number of carbonyl (C=O) groups is 1. The zero-order valence-corrected chi connectivity index (χ0v) is 15.6. The summed E-state index contributed by atoms with van der Waals surface area (Å²) in [6, 6.07) is 14.3. The van der Waals surface area contributed by atoms with Crippen molar-refractivity contribution in [3.05, 3.63) is 65.4 Å². The summed E-state index contributed by atoms with van der Waals surface area (Å²) in [5, 5.41) is 3.78. The highest BCUT2D eigenvalue weighted by atomic mass is 32.2. The molecule has 1 amide bonds. The van der Waals surface area contributed by atoms with Gasteiger partial charge >= 0.3 is 0 Å². The highest BCUT2D eigenvalue weighted by molar-refractivity contribution is 7.92. The number of sulfonamides is 1. The fourth-order valence-corrected chi connectivity index (χ4v) is 4.06. The van der Waals surface area contributed by atoms with Gasteiger partial charge < -0.3 is 5.32 Å². The van der Waals surface area contributed by atoms with Gasteiger partial charge in [0.15, 0.2) is 0 Å². The first kappa shape index (κ1) is 17.5. The third kappa shape index (κ3) is 3.64. The first-order valence-electron chi connectivity index (χ1n) is 8.70. The van der Waals surface area contributed by atoms with Crippen LogP contribution in [0.15, 0.2) is 48.5 Å². The van der Waals surface area contributed by atoms with Crippen LogP contribution in [-0.2, 0) is 22.9 Å². The van der Waals surface area contributed by atoms with E-state index in [1.165, 1.54) is 0 Å². The number of nitrogens with zero attached hydrogens (tertiary/aromatic N) is 1. The largest absolute Gasteiger partial charge is 0.322 e. The number of carbonyl (C=O) groups excluding carboxylic acids is 1. The summed E-state index contributed by atoms with van der Waals surface area (Å²) in [5.74, 6) is -0.171. The molecule has 1 heterocycles. The number of rotatable bonds is 4. The quantitative estimate of drug-likeness (QED) is 0.725. The number of pyridine rings is 1. The molecule has 1 aliphatic rings. The van der Waals surface area contributed by atoms with E-state index >= 15 is 0 Å². The second-order valence-corrected chi connectivity index (χ2v) is 8.44. The van der Waals surface area contributed by atoms with Gasteiger partial charge in [0.2, 0.25) is 10.0 Å². The van der Waals surface area contributed by atoms with E-state index < -0.39 is 10.0 Å². The summed E-state index contributed by atoms with van der Waals surface area (Å²) < 4.78 is 25.0. The Balaban J connectivity index is 1.66. The first-order valence-corrected chi connectivity index (χ1v) is 10.6. The smallest absolute Gasteiger partial charge is 0.256 e. The molecule has 1 aliphatic carbocycles. The van der Waals surface area contributed by atoms with Crippen LogP contribution in [-0.4, -0.2) is 25.6 Å². The number of benzene rings is 2. The Kier molecular flexibility index (Phi) is 4.31. The van der Waals surface area contributed by atoms with E-state index in [-0.39, 0.29) is 5.91 Å². The molecule has 0 radical (unpaired) electrons. The maximum Gasteiger partial charge on any atom is 0.256 e. The molecule has 0 unspecified atom stereocenters. The van der Waals surface area contributed by atoms with Crippen molar-refractivity contribution in [1.29, 1.82) is 0 Å². The Labute approximate surface area is 157 Å². The van der Waals surface area contributed by atoms with Crippen LogP contribution in [0.5, 0.6) is 0 Å². The Morgan fingerprint density at radius 2 is 1.70 bits per heavy atom. The number of anilines is 2. The molecule has 0 saturated carbocycles. The molecule has 138 valence electrons. The number of nitrogens with one attached hydrogen (secondary N) is 2. The minimum atomic E-state index is -3.33. The lowest BCUT2D eigenvalue weighted by Crippen LogP contribution is -2.16. The number of fused-ring (bicyclic) bond motifs is 2. The molecule has 0 bridgehead atoms. The van der Waals surface area contributed by atoms with Crippen LogP contribution in [0.3, 0.4) is 0 Å². The van der Waals surface area contributed by atoms with Crippen molar-refractivity contribution in [1.82, 2.24) is 4.98 Å². The number of para-hydroxylation sites is 1. The number of amides is 1. The fraction of sp³-hybridized carbons (Fsp3) is 0.200. The van der Waals surface area contributed by atoms with Gasteiger partial charge in [0.05, 0.1) is 17.3 Å². The topological polar surface area (TPSA) is 88.2 Å². The zero-order valence-electron chi connectivity index (χ0n) is 14.8. The van der Waals surface area contributed by atoms with Gasteiger partial charge in [-0.1, -0.05) is 18.2 Å². The van der Waals surface area contributed by atoms with Crippen molar-refractivity contribution < 1.29 is 13.2 Å². The molecule has 7 heteroatoms. The monoisotopic (exact) mass is 381 g/mol. The third-order valence-electron chi connectivity index (χ3n) is 4.59. The average molecular weight is 381 g/mol. The van der Waals surface area contributed by atoms with Gasteiger partial charge in [-0.3, -0.25) is 14.5 Å². The number of aryl methyl sites for hydroxylation is 1. The van der Waals surface area contributed by atoms with Crippen LogP contribution in [0.2, 0.25) is 0 Å². The average Bonchev–Trinajstić information content (AvgIpc) is 3.07. The summed E-state index contributed by atoms with van der Waals surface area (Å²) in [5.41, 5.74) is 4.60. The van der Waals surface area contributed by atoms with E-state index in [1.807, 2.05) is 24.3 Å². The molecule has 3 aromatic rings. The number of hydrogen-bond donors (Lipinski definition) is 2. The van der Waals surface area contributed by atoms with Crippen LogP contribution in [0.1, 0.15) is 28.0 Å². The molecular formula is C20H19N3O3S. The van der Waals surface area contributed by atoms with Crippen LogP contribution in [0.25, 0.3) is 10.9 Å². The van der Waals surface area contributed by atoms with Gasteiger partial charge in [-0.2, -0.15) is 0 Å². The zero-order chi connectivity index (χ0) is 19.0. The van der Waals surface area contributed by atoms with Crippen LogP contribution >= 0.6 is 0 Å². The maximum absolute atomic E-state index is 13.1. The van der Waals surface area contributed by atoms with Gasteiger partial charge in [-0.25, -0.2) is 8.42 Å². The fourth-order valence-electron chi connectivity index (χ4n) is 3.50. The highest BCUT2D eigenvalue weighted by Crippen LogP contribution is 2.30. The van der Waals surface area contributed by atoms with Crippen molar-refractivity contribution >= 4 is 38.2 Å². The highest BCUT2D eigenvalue weighted by Gasteiger charge is 2.23. The van der Waals surface area contributed by atoms with Crippen molar-refractivity contribution in [2.24, 2.45) is 0 Å². The minimum absolute atomic E-state index is 0.171. The van der Waals surface area contributed by atoms with Crippen molar-refractivity contribution in [3.63, 3.8) is 0 Å². The molecule has 0 spiro atoms. The molecule has 2 N–H and O–H groups in total. The standard InChI is InChI=1S/C20H19N3O3S/c1-27(25,26)23-14-11-9-13(10-12-14)21-20(24)19-15-5-2-3-7-17(15)22-18-8-4-6-16(18)19/h2-3,5,7,9-12,23H,4,6,8H2,1H3,(H,21,24). The lowest BCUT2D eigenvalue weighted by molar-refractivity contribution is 0.102. The SMILES string of the molecule is CS(=O)(=O)Nc1ccc(NC(=O)c2c3c(nc4ccccc24)CCC3)cc1. The molecular weight excluding hydrogens is 362 g/mol. The maximum atomic E-state index is 13.1. The summed E-state index contributed by atoms with van der Waals surface area (Å²) in [6.45, 7) is 0. The molecule has 0 saturated heterocycles. The predicted molar refractivity (Wildman–Crippen MR) is 107 cm³/mol. The second-order valence-electron chi connectivity index (χ2n) is 6.69. The number of aromatic nitrogens is 1. The first-order chi connectivity index (χ1) is 12.9. The van der Waals surface area contributed by atoms with Gasteiger partial charge in [0, 0.05) is 22.5 Å². The molecule has 0 atom stereocenters. The molecule has 27 heavy (non-hydrogen) atoms. The molecule has 6 nitrogen and oxygen atoms in total. The Morgan fingerprint density at radius 1 is 1.00 bits per heavy atom. The summed E-state index contributed by atoms with van der Waals surface area (Å²) >= 11 is 0. The van der Waals surface area contributed by atoms with Gasteiger partial charge in [-0.15, -0.1) is 0 Å². The Morgan fingerprint density at radius 3 is 2.44 bits per heavy atom. The lowest BCUT2D eigenvalue weighted by Gasteiger charge is -2.13. The van der Waals surface area contributed by atoms with Gasteiger partial charge in [0.25, 0.3) is 5.91 Å². The molecule has 0 aliphatic heterocycles. The Bertz CT molecular complexity index is 1140. The number of hydrogen-bond acceptors (Lipinski definition) is 4. The second kappa shape index (κ2) is 6.66.